The van der Waals surface area contributed by atoms with Crippen LogP contribution in [0, 0.1) is 0 Å². The SMILES string of the molecule is CC(NCC(C)(O)CO)c1cc2c(s1)CCCC2. The number of aliphatic hydroxyl groups excluding tert-OH is 1. The first-order chi connectivity index (χ1) is 8.52. The van der Waals surface area contributed by atoms with Gasteiger partial charge in [0.05, 0.1) is 12.2 Å². The monoisotopic (exact) mass is 269 g/mol. The smallest absolute Gasteiger partial charge is 0.0973 e. The molecule has 3 N–H and O–H groups in total. The Bertz CT molecular complexity index is 377. The van der Waals surface area contributed by atoms with E-state index in [1.165, 1.54) is 36.1 Å². The van der Waals surface area contributed by atoms with E-state index in [1.54, 1.807) is 11.8 Å². The van der Waals surface area contributed by atoms with E-state index in [4.69, 9.17) is 5.11 Å². The highest BCUT2D eigenvalue weighted by atomic mass is 32.1. The summed E-state index contributed by atoms with van der Waals surface area (Å²) in [6.45, 7) is 3.96. The average molecular weight is 269 g/mol. The van der Waals surface area contributed by atoms with E-state index in [0.29, 0.717) is 6.54 Å². The molecule has 1 aliphatic carbocycles. The van der Waals surface area contributed by atoms with Gasteiger partial charge in [-0.15, -0.1) is 11.3 Å². The lowest BCUT2D eigenvalue weighted by Crippen LogP contribution is -2.41. The fourth-order valence-corrected chi connectivity index (χ4v) is 3.54. The number of hydrogen-bond donors (Lipinski definition) is 3. The van der Waals surface area contributed by atoms with Crippen LogP contribution in [0.15, 0.2) is 6.07 Å². The molecule has 2 atom stereocenters. The Hall–Kier alpha value is -0.420. The van der Waals surface area contributed by atoms with Crippen LogP contribution in [0.4, 0.5) is 0 Å². The van der Waals surface area contributed by atoms with E-state index in [-0.39, 0.29) is 12.6 Å². The van der Waals surface area contributed by atoms with Gasteiger partial charge in [0.1, 0.15) is 0 Å². The van der Waals surface area contributed by atoms with Gasteiger partial charge < -0.3 is 15.5 Å². The van der Waals surface area contributed by atoms with Crippen LogP contribution < -0.4 is 5.32 Å². The lowest BCUT2D eigenvalue weighted by Gasteiger charge is -2.23. The zero-order valence-electron chi connectivity index (χ0n) is 11.2. The summed E-state index contributed by atoms with van der Waals surface area (Å²) in [5.41, 5.74) is 0.481. The second-order valence-electron chi connectivity index (χ2n) is 5.56. The number of fused-ring (bicyclic) bond motifs is 1. The van der Waals surface area contributed by atoms with Crippen molar-refractivity contribution >= 4 is 11.3 Å². The highest BCUT2D eigenvalue weighted by molar-refractivity contribution is 7.12. The molecular weight excluding hydrogens is 246 g/mol. The maximum atomic E-state index is 9.77. The molecule has 0 radical (unpaired) electrons. The molecule has 1 aliphatic rings. The number of nitrogens with one attached hydrogen (secondary N) is 1. The first-order valence-electron chi connectivity index (χ1n) is 6.70. The molecule has 1 aromatic rings. The van der Waals surface area contributed by atoms with Gasteiger partial charge in [0.15, 0.2) is 0 Å². The van der Waals surface area contributed by atoms with Gasteiger partial charge in [-0.05, 0) is 51.2 Å². The highest BCUT2D eigenvalue weighted by Crippen LogP contribution is 2.32. The summed E-state index contributed by atoms with van der Waals surface area (Å²) in [5.74, 6) is 0. The van der Waals surface area contributed by atoms with E-state index in [1.807, 2.05) is 11.3 Å². The van der Waals surface area contributed by atoms with Crippen LogP contribution in [-0.4, -0.2) is 29.0 Å². The van der Waals surface area contributed by atoms with Gasteiger partial charge in [0, 0.05) is 22.3 Å². The normalized spacial score (nSPS) is 20.2. The van der Waals surface area contributed by atoms with Gasteiger partial charge in [0.2, 0.25) is 0 Å². The van der Waals surface area contributed by atoms with Crippen molar-refractivity contribution in [3.63, 3.8) is 0 Å². The second-order valence-corrected chi connectivity index (χ2v) is 6.73. The van der Waals surface area contributed by atoms with E-state index in [9.17, 15) is 5.11 Å². The Labute approximate surface area is 113 Å². The number of thiophene rings is 1. The van der Waals surface area contributed by atoms with Crippen molar-refractivity contribution in [1.29, 1.82) is 0 Å². The second kappa shape index (κ2) is 5.70. The fourth-order valence-electron chi connectivity index (χ4n) is 2.26. The maximum Gasteiger partial charge on any atom is 0.0973 e. The third-order valence-corrected chi connectivity index (χ3v) is 4.99. The number of rotatable bonds is 5. The Morgan fingerprint density at radius 2 is 2.17 bits per heavy atom. The third-order valence-electron chi connectivity index (χ3n) is 3.57. The van der Waals surface area contributed by atoms with Gasteiger partial charge in [-0.3, -0.25) is 0 Å². The number of aryl methyl sites for hydroxylation is 2. The van der Waals surface area contributed by atoms with Gasteiger partial charge >= 0.3 is 0 Å². The summed E-state index contributed by atoms with van der Waals surface area (Å²) in [5, 5.41) is 22.1. The minimum atomic E-state index is -1.04. The molecule has 0 aliphatic heterocycles. The molecule has 0 fully saturated rings. The maximum absolute atomic E-state index is 9.77. The minimum Gasteiger partial charge on any atom is -0.393 e. The fraction of sp³-hybridized carbons (Fsp3) is 0.714. The van der Waals surface area contributed by atoms with E-state index >= 15 is 0 Å². The predicted molar refractivity (Wildman–Crippen MR) is 75.1 cm³/mol. The zero-order chi connectivity index (χ0) is 13.2. The largest absolute Gasteiger partial charge is 0.393 e. The molecule has 2 rings (SSSR count). The van der Waals surface area contributed by atoms with Crippen molar-refractivity contribution in [2.75, 3.05) is 13.2 Å². The average Bonchev–Trinajstić information content (AvgIpc) is 2.80. The Morgan fingerprint density at radius 1 is 1.44 bits per heavy atom. The molecule has 0 saturated heterocycles. The topological polar surface area (TPSA) is 52.5 Å². The Morgan fingerprint density at radius 3 is 2.83 bits per heavy atom. The molecule has 0 spiro atoms. The van der Waals surface area contributed by atoms with Crippen molar-refractivity contribution in [2.45, 2.75) is 51.2 Å². The highest BCUT2D eigenvalue weighted by Gasteiger charge is 2.21. The van der Waals surface area contributed by atoms with Crippen LogP contribution in [0.2, 0.25) is 0 Å². The Kier molecular flexibility index (Phi) is 4.43. The summed E-state index contributed by atoms with van der Waals surface area (Å²) in [6, 6.07) is 2.54. The summed E-state index contributed by atoms with van der Waals surface area (Å²) in [7, 11) is 0. The molecule has 0 saturated carbocycles. The van der Waals surface area contributed by atoms with Crippen molar-refractivity contribution in [1.82, 2.24) is 5.32 Å². The van der Waals surface area contributed by atoms with Gasteiger partial charge in [0.25, 0.3) is 0 Å². The van der Waals surface area contributed by atoms with E-state index in [2.05, 4.69) is 18.3 Å². The number of hydrogen-bond acceptors (Lipinski definition) is 4. The van der Waals surface area contributed by atoms with Gasteiger partial charge in [-0.2, -0.15) is 0 Å². The van der Waals surface area contributed by atoms with Crippen molar-refractivity contribution < 1.29 is 10.2 Å². The van der Waals surface area contributed by atoms with E-state index in [0.717, 1.165) is 0 Å². The van der Waals surface area contributed by atoms with Crippen LogP contribution >= 0.6 is 11.3 Å². The van der Waals surface area contributed by atoms with Gasteiger partial charge in [-0.1, -0.05) is 0 Å². The lowest BCUT2D eigenvalue weighted by atomic mass is 9.99. The van der Waals surface area contributed by atoms with Crippen molar-refractivity contribution in [3.05, 3.63) is 21.4 Å². The molecule has 2 unspecified atom stereocenters. The predicted octanol–water partition coefficient (Wildman–Crippen LogP) is 2.02. The molecule has 1 heterocycles. The molecule has 0 bridgehead atoms. The molecule has 18 heavy (non-hydrogen) atoms. The first-order valence-corrected chi connectivity index (χ1v) is 7.51. The molecule has 3 nitrogen and oxygen atoms in total. The molecule has 0 aromatic carbocycles. The molecule has 1 aromatic heterocycles. The van der Waals surface area contributed by atoms with Crippen LogP contribution in [0.5, 0.6) is 0 Å². The summed E-state index contributed by atoms with van der Waals surface area (Å²) < 4.78 is 0. The van der Waals surface area contributed by atoms with Crippen LogP contribution in [0.25, 0.3) is 0 Å². The van der Waals surface area contributed by atoms with Crippen molar-refractivity contribution in [2.24, 2.45) is 0 Å². The lowest BCUT2D eigenvalue weighted by molar-refractivity contribution is 0.00112. The summed E-state index contributed by atoms with van der Waals surface area (Å²) in [6.07, 6.45) is 5.06. The van der Waals surface area contributed by atoms with Crippen LogP contribution in [0.1, 0.15) is 48.0 Å². The first kappa shape index (κ1) is 14.0. The number of aliphatic hydroxyl groups is 2. The third kappa shape index (κ3) is 3.32. The Balaban J connectivity index is 1.96. The molecule has 4 heteroatoms. The summed E-state index contributed by atoms with van der Waals surface area (Å²) in [4.78, 5) is 2.88. The standard InChI is InChI=1S/C14H23NO2S/c1-10(15-8-14(2,17)9-16)13-7-11-5-3-4-6-12(11)18-13/h7,10,15-17H,3-6,8-9H2,1-2H3. The quantitative estimate of drug-likeness (QED) is 0.766. The van der Waals surface area contributed by atoms with E-state index < -0.39 is 5.60 Å². The van der Waals surface area contributed by atoms with Crippen LogP contribution in [0.3, 0.4) is 0 Å². The molecular formula is C14H23NO2S. The summed E-state index contributed by atoms with van der Waals surface area (Å²) >= 11 is 1.89. The van der Waals surface area contributed by atoms with Gasteiger partial charge in [-0.25, -0.2) is 0 Å². The molecule has 102 valence electrons. The van der Waals surface area contributed by atoms with Crippen molar-refractivity contribution in [3.8, 4) is 0 Å². The minimum absolute atomic E-state index is 0.215. The van der Waals surface area contributed by atoms with Crippen LogP contribution in [-0.2, 0) is 12.8 Å². The zero-order valence-corrected chi connectivity index (χ0v) is 12.0. The molecule has 0 amide bonds.